The van der Waals surface area contributed by atoms with Gasteiger partial charge < -0.3 is 0 Å². The van der Waals surface area contributed by atoms with Gasteiger partial charge in [0.1, 0.15) is 0 Å². The standard InChI is InChI=1S/C23H22N6O3/c1-27-19-18(21(31)28(2)23(27)32)29(15-9-12-16-10-5-3-6-11-16)22(24-19)26-25-20(30)17-13-7-4-8-14-17/h3-14H,15H2,1-2H3,(H,24,26)(H,25,30). The van der Waals surface area contributed by atoms with E-state index in [1.54, 1.807) is 35.9 Å². The maximum absolute atomic E-state index is 12.9. The van der Waals surface area contributed by atoms with Crippen LogP contribution in [0.2, 0.25) is 0 Å². The number of aromatic nitrogens is 4. The van der Waals surface area contributed by atoms with Crippen LogP contribution in [0, 0.1) is 0 Å². The molecule has 2 N–H and O–H groups in total. The number of nitrogens with zero attached hydrogens (tertiary/aromatic N) is 4. The molecule has 2 heterocycles. The van der Waals surface area contributed by atoms with Crippen LogP contribution in [0.5, 0.6) is 0 Å². The zero-order valence-corrected chi connectivity index (χ0v) is 17.6. The number of hydrogen-bond donors (Lipinski definition) is 2. The van der Waals surface area contributed by atoms with Gasteiger partial charge >= 0.3 is 5.69 Å². The molecule has 9 heteroatoms. The van der Waals surface area contributed by atoms with Gasteiger partial charge in [0.2, 0.25) is 5.95 Å². The Balaban J connectivity index is 1.72. The Morgan fingerprint density at radius 2 is 1.62 bits per heavy atom. The molecule has 0 saturated heterocycles. The molecule has 0 aliphatic carbocycles. The molecule has 0 spiro atoms. The van der Waals surface area contributed by atoms with Crippen LogP contribution in [0.25, 0.3) is 17.2 Å². The Bertz CT molecular complexity index is 1420. The van der Waals surface area contributed by atoms with E-state index in [0.29, 0.717) is 12.1 Å². The fraction of sp³-hybridized carbons (Fsp3) is 0.130. The molecule has 0 bridgehead atoms. The Hall–Kier alpha value is -4.40. The third-order valence-electron chi connectivity index (χ3n) is 5.07. The summed E-state index contributed by atoms with van der Waals surface area (Å²) in [6.45, 7) is 0.294. The van der Waals surface area contributed by atoms with Gasteiger partial charge in [0.25, 0.3) is 11.5 Å². The van der Waals surface area contributed by atoms with Crippen molar-refractivity contribution in [1.82, 2.24) is 24.1 Å². The van der Waals surface area contributed by atoms with Gasteiger partial charge in [-0.15, -0.1) is 0 Å². The van der Waals surface area contributed by atoms with Crippen molar-refractivity contribution in [3.63, 3.8) is 0 Å². The molecule has 2 aromatic heterocycles. The predicted molar refractivity (Wildman–Crippen MR) is 123 cm³/mol. The van der Waals surface area contributed by atoms with Crippen LogP contribution in [0.15, 0.2) is 76.3 Å². The van der Waals surface area contributed by atoms with Crippen LogP contribution in [-0.2, 0) is 20.6 Å². The molecular weight excluding hydrogens is 408 g/mol. The first-order valence-corrected chi connectivity index (χ1v) is 9.96. The molecular formula is C23H22N6O3. The van der Waals surface area contributed by atoms with Crippen molar-refractivity contribution in [2.24, 2.45) is 14.1 Å². The summed E-state index contributed by atoms with van der Waals surface area (Å²) in [7, 11) is 2.97. The highest BCUT2D eigenvalue weighted by Gasteiger charge is 2.19. The van der Waals surface area contributed by atoms with Crippen molar-refractivity contribution in [2.45, 2.75) is 6.54 Å². The summed E-state index contributed by atoms with van der Waals surface area (Å²) in [5.74, 6) is -0.119. The number of hydrazine groups is 1. The molecule has 32 heavy (non-hydrogen) atoms. The molecule has 0 fully saturated rings. The number of nitrogens with one attached hydrogen (secondary N) is 2. The van der Waals surface area contributed by atoms with Crippen molar-refractivity contribution < 1.29 is 4.79 Å². The minimum atomic E-state index is -0.480. The van der Waals surface area contributed by atoms with Crippen LogP contribution < -0.4 is 22.1 Å². The van der Waals surface area contributed by atoms with Crippen LogP contribution in [-0.4, -0.2) is 24.6 Å². The number of allylic oxidation sites excluding steroid dienone is 1. The molecule has 2 aromatic carbocycles. The maximum atomic E-state index is 12.9. The van der Waals surface area contributed by atoms with Crippen molar-refractivity contribution in [3.8, 4) is 0 Å². The smallest absolute Gasteiger partial charge is 0.299 e. The predicted octanol–water partition coefficient (Wildman–Crippen LogP) is 1.90. The Labute approximate surface area is 183 Å². The third-order valence-corrected chi connectivity index (χ3v) is 5.07. The molecule has 1 amide bonds. The lowest BCUT2D eigenvalue weighted by atomic mass is 10.2. The molecule has 0 radical (unpaired) electrons. The van der Waals surface area contributed by atoms with Gasteiger partial charge in [-0.3, -0.25) is 34.1 Å². The van der Waals surface area contributed by atoms with Crippen LogP contribution in [0.4, 0.5) is 5.95 Å². The number of carbonyl (C=O) groups excluding carboxylic acids is 1. The summed E-state index contributed by atoms with van der Waals surface area (Å²) in [6.07, 6.45) is 3.80. The summed E-state index contributed by atoms with van der Waals surface area (Å²) in [4.78, 5) is 42.1. The average molecular weight is 430 g/mol. The van der Waals surface area contributed by atoms with E-state index in [4.69, 9.17) is 0 Å². The summed E-state index contributed by atoms with van der Waals surface area (Å²) < 4.78 is 3.97. The van der Waals surface area contributed by atoms with Crippen LogP contribution in [0.3, 0.4) is 0 Å². The van der Waals surface area contributed by atoms with E-state index in [1.807, 2.05) is 48.6 Å². The van der Waals surface area contributed by atoms with Gasteiger partial charge in [-0.1, -0.05) is 60.7 Å². The first kappa shape index (κ1) is 20.9. The largest absolute Gasteiger partial charge is 0.332 e. The number of benzene rings is 2. The van der Waals surface area contributed by atoms with Crippen molar-refractivity contribution in [1.29, 1.82) is 0 Å². The normalized spacial score (nSPS) is 11.2. The highest BCUT2D eigenvalue weighted by Crippen LogP contribution is 2.16. The first-order valence-electron chi connectivity index (χ1n) is 9.96. The summed E-state index contributed by atoms with van der Waals surface area (Å²) in [6, 6.07) is 18.4. The number of rotatable bonds is 6. The number of carbonyl (C=O) groups is 1. The van der Waals surface area contributed by atoms with Gasteiger partial charge in [0, 0.05) is 26.2 Å². The molecule has 0 aliphatic rings. The van der Waals surface area contributed by atoms with E-state index in [9.17, 15) is 14.4 Å². The number of hydrogen-bond acceptors (Lipinski definition) is 5. The monoisotopic (exact) mass is 430 g/mol. The first-order chi connectivity index (χ1) is 15.5. The third kappa shape index (κ3) is 3.95. The lowest BCUT2D eigenvalue weighted by Crippen LogP contribution is -2.37. The summed E-state index contributed by atoms with van der Waals surface area (Å²) in [5, 5.41) is 0. The second-order valence-electron chi connectivity index (χ2n) is 7.18. The van der Waals surface area contributed by atoms with Gasteiger partial charge in [0.05, 0.1) is 0 Å². The van der Waals surface area contributed by atoms with E-state index >= 15 is 0 Å². The topological polar surface area (TPSA) is 103 Å². The number of fused-ring (bicyclic) bond motifs is 1. The number of aryl methyl sites for hydroxylation is 1. The maximum Gasteiger partial charge on any atom is 0.332 e. The molecule has 162 valence electrons. The number of imidazole rings is 1. The highest BCUT2D eigenvalue weighted by atomic mass is 16.2. The molecule has 0 aliphatic heterocycles. The Morgan fingerprint density at radius 1 is 0.969 bits per heavy atom. The minimum absolute atomic E-state index is 0.225. The lowest BCUT2D eigenvalue weighted by molar-refractivity contribution is 0.0962. The average Bonchev–Trinajstić information content (AvgIpc) is 3.19. The fourth-order valence-electron chi connectivity index (χ4n) is 3.35. The van der Waals surface area contributed by atoms with E-state index < -0.39 is 11.2 Å². The highest BCUT2D eigenvalue weighted by molar-refractivity contribution is 5.94. The zero-order chi connectivity index (χ0) is 22.7. The second kappa shape index (κ2) is 8.76. The summed E-state index contributed by atoms with van der Waals surface area (Å²) in [5.41, 5.74) is 6.40. The van der Waals surface area contributed by atoms with Crippen LogP contribution in [0.1, 0.15) is 15.9 Å². The number of amides is 1. The van der Waals surface area contributed by atoms with Crippen molar-refractivity contribution in [3.05, 3.63) is 98.7 Å². The molecule has 0 saturated carbocycles. The molecule has 4 rings (SSSR count). The van der Waals surface area contributed by atoms with E-state index in [1.165, 1.54) is 11.6 Å². The van der Waals surface area contributed by atoms with Crippen molar-refractivity contribution in [2.75, 3.05) is 5.43 Å². The minimum Gasteiger partial charge on any atom is -0.299 e. The van der Waals surface area contributed by atoms with E-state index in [-0.39, 0.29) is 23.0 Å². The Morgan fingerprint density at radius 3 is 2.31 bits per heavy atom. The zero-order valence-electron chi connectivity index (χ0n) is 17.6. The molecule has 0 unspecified atom stereocenters. The Kier molecular flexibility index (Phi) is 5.71. The molecule has 4 aromatic rings. The van der Waals surface area contributed by atoms with Gasteiger partial charge in [-0.25, -0.2) is 4.79 Å². The van der Waals surface area contributed by atoms with Crippen molar-refractivity contribution >= 4 is 29.1 Å². The van der Waals surface area contributed by atoms with Crippen LogP contribution >= 0.6 is 0 Å². The SMILES string of the molecule is Cn1c(=O)c2c(nc(NNC(=O)c3ccccc3)n2CC=Cc2ccccc2)n(C)c1=O. The van der Waals surface area contributed by atoms with Gasteiger partial charge in [-0.2, -0.15) is 4.98 Å². The summed E-state index contributed by atoms with van der Waals surface area (Å²) >= 11 is 0. The fourth-order valence-corrected chi connectivity index (χ4v) is 3.35. The van der Waals surface area contributed by atoms with E-state index in [0.717, 1.165) is 10.1 Å². The molecule has 0 atom stereocenters. The van der Waals surface area contributed by atoms with Gasteiger partial charge in [0.15, 0.2) is 11.2 Å². The quantitative estimate of drug-likeness (QED) is 0.455. The van der Waals surface area contributed by atoms with E-state index in [2.05, 4.69) is 15.8 Å². The molecule has 9 nitrogen and oxygen atoms in total. The lowest BCUT2D eigenvalue weighted by Gasteiger charge is -2.10. The van der Waals surface area contributed by atoms with Gasteiger partial charge in [-0.05, 0) is 17.7 Å². The second-order valence-corrected chi connectivity index (χ2v) is 7.18. The number of anilines is 1.